The second-order valence-electron chi connectivity index (χ2n) is 8.71. The van der Waals surface area contributed by atoms with Crippen LogP contribution in [-0.2, 0) is 15.7 Å². The zero-order valence-corrected chi connectivity index (χ0v) is 22.5. The Kier molecular flexibility index (Phi) is 9.74. The van der Waals surface area contributed by atoms with E-state index in [4.69, 9.17) is 4.74 Å². The second-order valence-corrected chi connectivity index (χ2v) is 9.80. The number of esters is 1. The second kappa shape index (κ2) is 12.8. The zero-order chi connectivity index (χ0) is 27.9. The highest BCUT2D eigenvalue weighted by Crippen LogP contribution is 2.36. The Hall–Kier alpha value is -3.59. The summed E-state index contributed by atoms with van der Waals surface area (Å²) in [7, 11) is 1.30. The largest absolute Gasteiger partial charge is 0.469 e. The molecular formula is C29H30F3NO4S. The summed E-state index contributed by atoms with van der Waals surface area (Å²) in [5, 5.41) is 2.71. The van der Waals surface area contributed by atoms with Crippen molar-refractivity contribution < 1.29 is 32.2 Å². The molecule has 0 fully saturated rings. The summed E-state index contributed by atoms with van der Waals surface area (Å²) in [6.45, 7) is 6.02. The number of allylic oxidation sites excluding steroid dienone is 1. The molecule has 0 saturated heterocycles. The van der Waals surface area contributed by atoms with Crippen LogP contribution in [-0.4, -0.2) is 25.5 Å². The number of hydrogen-bond acceptors (Lipinski definition) is 5. The van der Waals surface area contributed by atoms with Crippen LogP contribution in [0, 0.1) is 13.8 Å². The maximum absolute atomic E-state index is 13.0. The van der Waals surface area contributed by atoms with Crippen LogP contribution in [0.2, 0.25) is 0 Å². The lowest BCUT2D eigenvalue weighted by molar-refractivity contribution is -0.140. The van der Waals surface area contributed by atoms with Crippen molar-refractivity contribution in [2.75, 3.05) is 13.7 Å². The summed E-state index contributed by atoms with van der Waals surface area (Å²) in [6.07, 6.45) is -0.641. The Morgan fingerprint density at radius 1 is 1.00 bits per heavy atom. The summed E-state index contributed by atoms with van der Waals surface area (Å²) >= 11 is 1.28. The van der Waals surface area contributed by atoms with Crippen molar-refractivity contribution in [2.24, 2.45) is 0 Å². The van der Waals surface area contributed by atoms with E-state index in [0.29, 0.717) is 21.9 Å². The van der Waals surface area contributed by atoms with Crippen LogP contribution in [0.5, 0.6) is 5.75 Å². The quantitative estimate of drug-likeness (QED) is 0.211. The van der Waals surface area contributed by atoms with Crippen molar-refractivity contribution in [1.29, 1.82) is 0 Å². The van der Waals surface area contributed by atoms with Crippen molar-refractivity contribution in [2.45, 2.75) is 46.2 Å². The summed E-state index contributed by atoms with van der Waals surface area (Å²) in [5.41, 5.74) is 2.60. The van der Waals surface area contributed by atoms with Gasteiger partial charge in [0, 0.05) is 6.54 Å². The lowest BCUT2D eigenvalue weighted by atomic mass is 9.94. The molecule has 0 saturated carbocycles. The highest BCUT2D eigenvalue weighted by atomic mass is 32.1. The molecule has 202 valence electrons. The van der Waals surface area contributed by atoms with Crippen molar-refractivity contribution >= 4 is 29.0 Å². The number of alkyl halides is 3. The van der Waals surface area contributed by atoms with E-state index in [-0.39, 0.29) is 18.9 Å². The van der Waals surface area contributed by atoms with E-state index in [1.165, 1.54) is 30.6 Å². The number of thiophene rings is 1. The summed E-state index contributed by atoms with van der Waals surface area (Å²) in [4.78, 5) is 25.0. The third-order valence-electron chi connectivity index (χ3n) is 5.77. The molecule has 1 N–H and O–H groups in total. The topological polar surface area (TPSA) is 64.6 Å². The number of methoxy groups -OCH3 is 1. The molecule has 0 spiro atoms. The van der Waals surface area contributed by atoms with E-state index < -0.39 is 17.7 Å². The number of aryl methyl sites for hydroxylation is 2. The zero-order valence-electron chi connectivity index (χ0n) is 21.7. The molecule has 9 heteroatoms. The molecule has 0 unspecified atom stereocenters. The first kappa shape index (κ1) is 29.0. The Balaban J connectivity index is 1.81. The number of hydrogen-bond donors (Lipinski definition) is 1. The first-order chi connectivity index (χ1) is 18.0. The van der Waals surface area contributed by atoms with Gasteiger partial charge in [0.2, 0.25) is 0 Å². The fourth-order valence-corrected chi connectivity index (χ4v) is 4.82. The summed E-state index contributed by atoms with van der Waals surface area (Å²) in [5.74, 6) is 0.528. The molecule has 0 atom stereocenters. The highest BCUT2D eigenvalue weighted by molar-refractivity contribution is 7.15. The van der Waals surface area contributed by atoms with E-state index in [0.717, 1.165) is 46.5 Å². The smallest absolute Gasteiger partial charge is 0.416 e. The van der Waals surface area contributed by atoms with Gasteiger partial charge in [-0.15, -0.1) is 11.3 Å². The SMILES string of the molecule is CCC/C=C(/Oc1cc(C)c(-c2ccc(C(F)(F)F)cc2)c(C)c1)c1ccc(C(=O)NCCC(=O)OC)s1. The number of ether oxygens (including phenoxy) is 2. The molecule has 1 heterocycles. The molecule has 2 aromatic carbocycles. The first-order valence-electron chi connectivity index (χ1n) is 12.2. The average molecular weight is 546 g/mol. The van der Waals surface area contributed by atoms with Crippen molar-refractivity contribution in [3.05, 3.63) is 81.1 Å². The number of halogens is 3. The Labute approximate surface area is 224 Å². The van der Waals surface area contributed by atoms with Crippen LogP contribution in [0.3, 0.4) is 0 Å². The van der Waals surface area contributed by atoms with Gasteiger partial charge >= 0.3 is 12.1 Å². The standard InChI is InChI=1S/C29H30F3NO4S/c1-5-6-7-23(24-12-13-25(38-24)28(35)33-15-14-26(34)36-4)37-22-16-18(2)27(19(3)17-22)20-8-10-21(11-9-20)29(30,31)32/h7-13,16-17H,5-6,14-15H2,1-4H3,(H,33,35)/b23-7+. The van der Waals surface area contributed by atoms with Crippen LogP contribution >= 0.6 is 11.3 Å². The van der Waals surface area contributed by atoms with Crippen molar-refractivity contribution in [3.8, 4) is 16.9 Å². The predicted octanol–water partition coefficient (Wildman–Crippen LogP) is 7.56. The Morgan fingerprint density at radius 2 is 1.63 bits per heavy atom. The number of benzene rings is 2. The summed E-state index contributed by atoms with van der Waals surface area (Å²) in [6, 6.07) is 12.4. The molecule has 5 nitrogen and oxygen atoms in total. The molecule has 0 aliphatic heterocycles. The third-order valence-corrected chi connectivity index (χ3v) is 6.87. The van der Waals surface area contributed by atoms with Gasteiger partial charge in [-0.1, -0.05) is 25.5 Å². The molecule has 38 heavy (non-hydrogen) atoms. The minimum atomic E-state index is -4.38. The number of nitrogens with one attached hydrogen (secondary N) is 1. The molecule has 3 rings (SSSR count). The highest BCUT2D eigenvalue weighted by Gasteiger charge is 2.30. The number of amides is 1. The third kappa shape index (κ3) is 7.47. The molecule has 1 amide bonds. The normalized spacial score (nSPS) is 11.8. The molecule has 1 aromatic heterocycles. The predicted molar refractivity (Wildman–Crippen MR) is 143 cm³/mol. The minimum absolute atomic E-state index is 0.0897. The maximum atomic E-state index is 13.0. The lowest BCUT2D eigenvalue weighted by Gasteiger charge is -2.16. The van der Waals surface area contributed by atoms with Gasteiger partial charge in [-0.2, -0.15) is 13.2 Å². The number of carbonyl (C=O) groups excluding carboxylic acids is 2. The molecule has 0 radical (unpaired) electrons. The maximum Gasteiger partial charge on any atom is 0.416 e. The molecular weight excluding hydrogens is 515 g/mol. The fraction of sp³-hybridized carbons (Fsp3) is 0.310. The van der Waals surface area contributed by atoms with Crippen LogP contribution in [0.15, 0.2) is 54.6 Å². The first-order valence-corrected chi connectivity index (χ1v) is 13.0. The van der Waals surface area contributed by atoms with Gasteiger partial charge in [-0.05, 0) is 85.0 Å². The van der Waals surface area contributed by atoms with Crippen molar-refractivity contribution in [1.82, 2.24) is 5.32 Å². The molecule has 0 aliphatic rings. The van der Waals surface area contributed by atoms with Crippen LogP contribution in [0.25, 0.3) is 16.9 Å². The van der Waals surface area contributed by atoms with E-state index in [1.807, 2.05) is 38.1 Å². The van der Waals surface area contributed by atoms with Crippen molar-refractivity contribution in [3.63, 3.8) is 0 Å². The van der Waals surface area contributed by atoms with Gasteiger partial charge < -0.3 is 14.8 Å². The van der Waals surface area contributed by atoms with Gasteiger partial charge in [-0.3, -0.25) is 9.59 Å². The van der Waals surface area contributed by atoms with E-state index in [2.05, 4.69) is 17.0 Å². The minimum Gasteiger partial charge on any atom is -0.469 e. The van der Waals surface area contributed by atoms with Crippen LogP contribution in [0.4, 0.5) is 13.2 Å². The van der Waals surface area contributed by atoms with E-state index in [1.54, 1.807) is 6.07 Å². The summed E-state index contributed by atoms with van der Waals surface area (Å²) < 4.78 is 49.7. The monoisotopic (exact) mass is 545 g/mol. The molecule has 3 aromatic rings. The van der Waals surface area contributed by atoms with E-state index in [9.17, 15) is 22.8 Å². The van der Waals surface area contributed by atoms with Crippen LogP contribution < -0.4 is 10.1 Å². The van der Waals surface area contributed by atoms with Gasteiger partial charge in [0.15, 0.2) is 0 Å². The van der Waals surface area contributed by atoms with E-state index >= 15 is 0 Å². The van der Waals surface area contributed by atoms with Gasteiger partial charge in [0.1, 0.15) is 11.5 Å². The lowest BCUT2D eigenvalue weighted by Crippen LogP contribution is -2.25. The van der Waals surface area contributed by atoms with Gasteiger partial charge in [0.25, 0.3) is 5.91 Å². The average Bonchev–Trinajstić information content (AvgIpc) is 3.36. The van der Waals surface area contributed by atoms with Gasteiger partial charge in [0.05, 0.1) is 28.8 Å². The number of unbranched alkanes of at least 4 members (excludes halogenated alkanes) is 1. The van der Waals surface area contributed by atoms with Crippen LogP contribution in [0.1, 0.15) is 57.4 Å². The fourth-order valence-electron chi connectivity index (χ4n) is 3.92. The Morgan fingerprint density at radius 3 is 2.21 bits per heavy atom. The molecule has 0 aliphatic carbocycles. The molecule has 0 bridgehead atoms. The number of rotatable bonds is 10. The van der Waals surface area contributed by atoms with Gasteiger partial charge in [-0.25, -0.2) is 0 Å². The number of carbonyl (C=O) groups is 2. The Bertz CT molecular complexity index is 1290.